The summed E-state index contributed by atoms with van der Waals surface area (Å²) in [5.74, 6) is -2.00. The molecule has 0 amide bonds. The Labute approximate surface area is 210 Å². The van der Waals surface area contributed by atoms with Crippen LogP contribution in [0.1, 0.15) is 20.8 Å². The van der Waals surface area contributed by atoms with Crippen LogP contribution >= 0.6 is 0 Å². The molecule has 0 unspecified atom stereocenters. The zero-order chi connectivity index (χ0) is 26.8. The van der Waals surface area contributed by atoms with Crippen molar-refractivity contribution in [2.45, 2.75) is 76.1 Å². The van der Waals surface area contributed by atoms with E-state index in [0.29, 0.717) is 0 Å². The van der Waals surface area contributed by atoms with Crippen LogP contribution in [0.25, 0.3) is 0 Å². The molecule has 0 N–H and O–H groups in total. The van der Waals surface area contributed by atoms with Gasteiger partial charge in [-0.05, 0) is 0 Å². The molecule has 206 valence electrons. The summed E-state index contributed by atoms with van der Waals surface area (Å²) in [6.07, 6.45) is -7.01. The topological polar surface area (TPSA) is 144 Å². The fourth-order valence-corrected chi connectivity index (χ4v) is 4.13. The smallest absolute Gasteiger partial charge is 0.303 e. The van der Waals surface area contributed by atoms with Crippen LogP contribution in [-0.4, -0.2) is 114 Å². The summed E-state index contributed by atoms with van der Waals surface area (Å²) >= 11 is 0. The minimum atomic E-state index is -1.28. The maximum Gasteiger partial charge on any atom is 0.303 e. The molecule has 2 saturated heterocycles. The van der Waals surface area contributed by atoms with Gasteiger partial charge in [-0.3, -0.25) is 14.4 Å². The molecule has 0 radical (unpaired) electrons. The van der Waals surface area contributed by atoms with Crippen molar-refractivity contribution in [2.24, 2.45) is 0 Å². The first-order valence-corrected chi connectivity index (χ1v) is 11.4. The summed E-state index contributed by atoms with van der Waals surface area (Å²) in [7, 11) is 4.40. The van der Waals surface area contributed by atoms with Crippen LogP contribution in [0.5, 0.6) is 0 Å². The molecule has 2 fully saturated rings. The molecular weight excluding hydrogens is 484 g/mol. The van der Waals surface area contributed by atoms with Gasteiger partial charge in [0.05, 0.1) is 19.8 Å². The standard InChI is InChI=1S/C23H36O13/c1-8-9-30-10-15-17(19(27-5)20(28-6)22(29-7)35-15)36-23-21(34-14(4)26)18(33-13(3)25)16(11-31-23)32-12(2)24/h8,15-23H,1,9-11H2,2-7H3/t15-,16-,17-,18+,19+,20-,21+,22+,23-/m1/s1. The molecule has 13 heteroatoms. The van der Waals surface area contributed by atoms with Gasteiger partial charge in [-0.2, -0.15) is 0 Å². The molecule has 0 aromatic rings. The van der Waals surface area contributed by atoms with Crippen molar-refractivity contribution in [3.05, 3.63) is 12.7 Å². The van der Waals surface area contributed by atoms with Gasteiger partial charge in [0, 0.05) is 42.1 Å². The van der Waals surface area contributed by atoms with Crippen LogP contribution in [-0.2, 0) is 61.8 Å². The first-order valence-electron chi connectivity index (χ1n) is 11.4. The third-order valence-electron chi connectivity index (χ3n) is 5.48. The van der Waals surface area contributed by atoms with E-state index in [0.717, 1.165) is 0 Å². The van der Waals surface area contributed by atoms with E-state index in [1.807, 2.05) is 0 Å². The lowest BCUT2D eigenvalue weighted by atomic mass is 9.97. The molecule has 13 nitrogen and oxygen atoms in total. The van der Waals surface area contributed by atoms with Crippen molar-refractivity contribution >= 4 is 17.9 Å². The minimum absolute atomic E-state index is 0.0707. The Bertz CT molecular complexity index is 744. The lowest BCUT2D eigenvalue weighted by molar-refractivity contribution is -0.351. The van der Waals surface area contributed by atoms with Crippen molar-refractivity contribution in [2.75, 3.05) is 41.2 Å². The van der Waals surface area contributed by atoms with Crippen LogP contribution in [0.4, 0.5) is 0 Å². The van der Waals surface area contributed by atoms with Gasteiger partial charge < -0.3 is 47.4 Å². The molecule has 2 aliphatic rings. The molecule has 0 bridgehead atoms. The maximum atomic E-state index is 12.0. The average Bonchev–Trinajstić information content (AvgIpc) is 2.81. The van der Waals surface area contributed by atoms with Crippen molar-refractivity contribution in [3.63, 3.8) is 0 Å². The van der Waals surface area contributed by atoms with Gasteiger partial charge in [0.2, 0.25) is 0 Å². The quantitative estimate of drug-likeness (QED) is 0.149. The normalized spacial score (nSPS) is 34.4. The number of esters is 3. The second-order valence-electron chi connectivity index (χ2n) is 8.10. The molecule has 0 saturated carbocycles. The van der Waals surface area contributed by atoms with E-state index < -0.39 is 73.2 Å². The summed E-state index contributed by atoms with van der Waals surface area (Å²) in [5, 5.41) is 0. The number of rotatable bonds is 12. The lowest BCUT2D eigenvalue weighted by Gasteiger charge is -2.47. The summed E-state index contributed by atoms with van der Waals surface area (Å²) in [6, 6.07) is 0. The zero-order valence-electron chi connectivity index (χ0n) is 21.4. The van der Waals surface area contributed by atoms with E-state index in [1.165, 1.54) is 42.1 Å². The SMILES string of the molecule is C=CCOC[C@H]1O[C@H](OC)[C@H](OC)[C@@H](OC)[C@@H]1O[C@H]1OC[C@@H](OC(C)=O)[C@H](OC(C)=O)[C@@H]1OC(C)=O. The largest absolute Gasteiger partial charge is 0.456 e. The van der Waals surface area contributed by atoms with Crippen molar-refractivity contribution < 1.29 is 61.8 Å². The van der Waals surface area contributed by atoms with Gasteiger partial charge in [-0.1, -0.05) is 6.08 Å². The fourth-order valence-electron chi connectivity index (χ4n) is 4.13. The number of ether oxygens (including phenoxy) is 10. The molecule has 2 aliphatic heterocycles. The van der Waals surface area contributed by atoms with Gasteiger partial charge >= 0.3 is 17.9 Å². The van der Waals surface area contributed by atoms with Crippen molar-refractivity contribution in [1.82, 2.24) is 0 Å². The number of methoxy groups -OCH3 is 3. The summed E-state index contributed by atoms with van der Waals surface area (Å²) in [5.41, 5.74) is 0. The molecule has 0 aromatic carbocycles. The number of hydrogen-bond donors (Lipinski definition) is 0. The Kier molecular flexibility index (Phi) is 12.2. The Morgan fingerprint density at radius 1 is 0.806 bits per heavy atom. The number of carbonyl (C=O) groups excluding carboxylic acids is 3. The van der Waals surface area contributed by atoms with Crippen LogP contribution in [0, 0.1) is 0 Å². The molecule has 0 spiro atoms. The highest BCUT2D eigenvalue weighted by Gasteiger charge is 2.53. The van der Waals surface area contributed by atoms with Crippen molar-refractivity contribution in [1.29, 1.82) is 0 Å². The van der Waals surface area contributed by atoms with E-state index in [1.54, 1.807) is 6.08 Å². The number of carbonyl (C=O) groups is 3. The Balaban J connectivity index is 2.39. The maximum absolute atomic E-state index is 12.0. The van der Waals surface area contributed by atoms with Gasteiger partial charge in [0.15, 0.2) is 30.9 Å². The highest BCUT2D eigenvalue weighted by Crippen LogP contribution is 2.32. The van der Waals surface area contributed by atoms with Crippen LogP contribution in [0.3, 0.4) is 0 Å². The highest BCUT2D eigenvalue weighted by atomic mass is 16.8. The molecule has 0 aliphatic carbocycles. The van der Waals surface area contributed by atoms with Gasteiger partial charge in [-0.15, -0.1) is 6.58 Å². The molecule has 9 atom stereocenters. The molecule has 2 rings (SSSR count). The Morgan fingerprint density at radius 2 is 1.42 bits per heavy atom. The third-order valence-corrected chi connectivity index (χ3v) is 5.48. The fraction of sp³-hybridized carbons (Fsp3) is 0.783. The van der Waals surface area contributed by atoms with Gasteiger partial charge in [0.1, 0.15) is 24.4 Å². The van der Waals surface area contributed by atoms with E-state index in [-0.39, 0.29) is 19.8 Å². The monoisotopic (exact) mass is 520 g/mol. The van der Waals surface area contributed by atoms with Crippen LogP contribution in [0.15, 0.2) is 12.7 Å². The van der Waals surface area contributed by atoms with E-state index >= 15 is 0 Å². The predicted molar refractivity (Wildman–Crippen MR) is 120 cm³/mol. The van der Waals surface area contributed by atoms with Crippen molar-refractivity contribution in [3.8, 4) is 0 Å². The Morgan fingerprint density at radius 3 is 1.94 bits per heavy atom. The molecule has 2 heterocycles. The van der Waals surface area contributed by atoms with E-state index in [4.69, 9.17) is 47.4 Å². The predicted octanol–water partition coefficient (Wildman–Crippen LogP) is 0.127. The van der Waals surface area contributed by atoms with Crippen LogP contribution < -0.4 is 0 Å². The highest BCUT2D eigenvalue weighted by molar-refractivity contribution is 5.68. The molecular formula is C23H36O13. The second-order valence-corrected chi connectivity index (χ2v) is 8.10. The first-order chi connectivity index (χ1) is 17.2. The Hall–Kier alpha value is -2.13. The molecule has 36 heavy (non-hydrogen) atoms. The first kappa shape index (κ1) is 30.1. The summed E-state index contributed by atoms with van der Waals surface area (Å²) in [4.78, 5) is 35.4. The minimum Gasteiger partial charge on any atom is -0.456 e. The lowest BCUT2D eigenvalue weighted by Crippen LogP contribution is -2.65. The second kappa shape index (κ2) is 14.6. The van der Waals surface area contributed by atoms with Crippen LogP contribution in [0.2, 0.25) is 0 Å². The van der Waals surface area contributed by atoms with E-state index in [2.05, 4.69) is 6.58 Å². The van der Waals surface area contributed by atoms with Gasteiger partial charge in [0.25, 0.3) is 0 Å². The summed E-state index contributed by atoms with van der Waals surface area (Å²) in [6.45, 7) is 7.31. The van der Waals surface area contributed by atoms with Gasteiger partial charge in [-0.25, -0.2) is 0 Å². The third kappa shape index (κ3) is 7.93. The average molecular weight is 521 g/mol. The summed E-state index contributed by atoms with van der Waals surface area (Å²) < 4.78 is 56.4. The van der Waals surface area contributed by atoms with E-state index in [9.17, 15) is 14.4 Å². The number of hydrogen-bond acceptors (Lipinski definition) is 13. The molecule has 0 aromatic heterocycles. The zero-order valence-corrected chi connectivity index (χ0v) is 21.4.